The largest absolute Gasteiger partial charge is 0.490 e. The van der Waals surface area contributed by atoms with E-state index in [1.54, 1.807) is 4.90 Å². The van der Waals surface area contributed by atoms with Crippen molar-refractivity contribution < 1.29 is 46.9 Å². The van der Waals surface area contributed by atoms with Gasteiger partial charge in [-0.3, -0.25) is 9.69 Å². The molecular formula is C18H21F5N2O5. The molecule has 168 valence electrons. The van der Waals surface area contributed by atoms with Crippen molar-refractivity contribution in [3.63, 3.8) is 0 Å². The summed E-state index contributed by atoms with van der Waals surface area (Å²) >= 11 is 0. The van der Waals surface area contributed by atoms with Crippen molar-refractivity contribution in [2.24, 2.45) is 0 Å². The number of hydrogen-bond acceptors (Lipinski definition) is 5. The first-order valence-electron chi connectivity index (χ1n) is 9.00. The van der Waals surface area contributed by atoms with Gasteiger partial charge in [-0.2, -0.15) is 13.2 Å². The van der Waals surface area contributed by atoms with E-state index in [9.17, 15) is 31.9 Å². The quantitative estimate of drug-likeness (QED) is 0.594. The van der Waals surface area contributed by atoms with Crippen LogP contribution >= 0.6 is 0 Å². The lowest BCUT2D eigenvalue weighted by molar-refractivity contribution is -0.192. The Morgan fingerprint density at radius 1 is 1.17 bits per heavy atom. The normalized spacial score (nSPS) is 22.5. The van der Waals surface area contributed by atoms with Crippen LogP contribution in [0, 0.1) is 11.6 Å². The molecule has 3 rings (SSSR count). The maximum Gasteiger partial charge on any atom is 0.490 e. The second-order valence-corrected chi connectivity index (χ2v) is 7.06. The van der Waals surface area contributed by atoms with Crippen LogP contribution in [0.4, 0.5) is 22.0 Å². The van der Waals surface area contributed by atoms with Gasteiger partial charge in [-0.05, 0) is 24.1 Å². The van der Waals surface area contributed by atoms with E-state index in [0.29, 0.717) is 18.5 Å². The Labute approximate surface area is 168 Å². The summed E-state index contributed by atoms with van der Waals surface area (Å²) in [4.78, 5) is 24.8. The second kappa shape index (κ2) is 9.67. The number of carbonyl (C=O) groups excluding carboxylic acids is 1. The molecule has 3 atom stereocenters. The molecule has 0 bridgehead atoms. The van der Waals surface area contributed by atoms with Gasteiger partial charge in [0.15, 0.2) is 0 Å². The van der Waals surface area contributed by atoms with Gasteiger partial charge < -0.3 is 20.2 Å². The highest BCUT2D eigenvalue weighted by Crippen LogP contribution is 2.33. The van der Waals surface area contributed by atoms with Crippen LogP contribution < -0.4 is 0 Å². The third-order valence-electron chi connectivity index (χ3n) is 4.90. The highest BCUT2D eigenvalue weighted by Gasteiger charge is 2.46. The molecule has 2 aliphatic rings. The summed E-state index contributed by atoms with van der Waals surface area (Å²) < 4.78 is 58.4. The number of hydrogen-bond donors (Lipinski definition) is 3. The summed E-state index contributed by atoms with van der Waals surface area (Å²) in [5, 5.41) is 25.7. The molecule has 1 unspecified atom stereocenters. The minimum atomic E-state index is -5.08. The van der Waals surface area contributed by atoms with Crippen molar-refractivity contribution in [1.29, 1.82) is 0 Å². The summed E-state index contributed by atoms with van der Waals surface area (Å²) in [6.45, 7) is 0.931. The zero-order chi connectivity index (χ0) is 22.6. The zero-order valence-electron chi connectivity index (χ0n) is 15.6. The molecule has 1 amide bonds. The number of carbonyl (C=O) groups is 2. The van der Waals surface area contributed by atoms with E-state index >= 15 is 0 Å². The Hall–Kier alpha value is -2.31. The average Bonchev–Trinajstić information content (AvgIpc) is 3.14. The number of β-amino-alcohol motifs (C(OH)–C–C–N with tert-alkyl or cyclic N) is 1. The SMILES string of the molecule is O=C(O)C(F)(F)F.O=C1C[C@H]2[C@H](CCN2CC(O)CO)N1Cc1cc(F)cc(F)c1. The predicted molar refractivity (Wildman–Crippen MR) is 92.1 cm³/mol. The summed E-state index contributed by atoms with van der Waals surface area (Å²) in [7, 11) is 0. The van der Waals surface area contributed by atoms with Gasteiger partial charge in [-0.1, -0.05) is 0 Å². The number of nitrogens with zero attached hydrogens (tertiary/aromatic N) is 2. The number of fused-ring (bicyclic) bond motifs is 1. The Morgan fingerprint density at radius 3 is 2.23 bits per heavy atom. The van der Waals surface area contributed by atoms with Crippen LogP contribution in [-0.4, -0.2) is 81.1 Å². The minimum Gasteiger partial charge on any atom is -0.475 e. The summed E-state index contributed by atoms with van der Waals surface area (Å²) in [5.41, 5.74) is 0.436. The van der Waals surface area contributed by atoms with E-state index in [4.69, 9.17) is 15.0 Å². The maximum absolute atomic E-state index is 13.3. The number of carboxylic acids is 1. The molecule has 0 spiro atoms. The molecule has 2 saturated heterocycles. The topological polar surface area (TPSA) is 101 Å². The van der Waals surface area contributed by atoms with Crippen molar-refractivity contribution in [3.8, 4) is 0 Å². The molecule has 1 aromatic rings. The maximum atomic E-state index is 13.3. The molecule has 12 heteroatoms. The van der Waals surface area contributed by atoms with E-state index < -0.39 is 29.9 Å². The Bertz CT molecular complexity index is 756. The smallest absolute Gasteiger partial charge is 0.475 e. The number of aliphatic hydroxyl groups is 2. The Kier molecular flexibility index (Phi) is 7.72. The van der Waals surface area contributed by atoms with Gasteiger partial charge in [0.05, 0.1) is 12.7 Å². The summed E-state index contributed by atoms with van der Waals surface area (Å²) in [6.07, 6.45) is -4.82. The van der Waals surface area contributed by atoms with Crippen molar-refractivity contribution in [1.82, 2.24) is 9.80 Å². The lowest BCUT2D eigenvalue weighted by Crippen LogP contribution is -2.40. The molecule has 30 heavy (non-hydrogen) atoms. The number of rotatable bonds is 5. The number of carboxylic acid groups (broad SMARTS) is 1. The first-order chi connectivity index (χ1) is 13.9. The minimum absolute atomic E-state index is 0.0119. The monoisotopic (exact) mass is 440 g/mol. The number of aliphatic carboxylic acids is 1. The molecule has 0 aromatic heterocycles. The third-order valence-corrected chi connectivity index (χ3v) is 4.90. The molecule has 0 radical (unpaired) electrons. The zero-order valence-corrected chi connectivity index (χ0v) is 15.6. The van der Waals surface area contributed by atoms with Gasteiger partial charge in [0.2, 0.25) is 5.91 Å². The van der Waals surface area contributed by atoms with Gasteiger partial charge in [-0.25, -0.2) is 13.6 Å². The molecule has 0 aliphatic carbocycles. The fourth-order valence-electron chi connectivity index (χ4n) is 3.67. The number of likely N-dealkylation sites (tertiary alicyclic amines) is 2. The highest BCUT2D eigenvalue weighted by atomic mass is 19.4. The highest BCUT2D eigenvalue weighted by molar-refractivity contribution is 5.80. The molecule has 3 N–H and O–H groups in total. The van der Waals surface area contributed by atoms with Crippen LogP contribution in [0.5, 0.6) is 0 Å². The molecule has 2 aliphatic heterocycles. The lowest BCUT2D eigenvalue weighted by atomic mass is 10.1. The Balaban J connectivity index is 0.000000396. The van der Waals surface area contributed by atoms with Gasteiger partial charge in [-0.15, -0.1) is 0 Å². The predicted octanol–water partition coefficient (Wildman–Crippen LogP) is 1.13. The van der Waals surface area contributed by atoms with Gasteiger partial charge >= 0.3 is 12.1 Å². The van der Waals surface area contributed by atoms with Crippen molar-refractivity contribution in [2.75, 3.05) is 19.7 Å². The van der Waals surface area contributed by atoms with E-state index in [1.807, 2.05) is 4.90 Å². The first kappa shape index (κ1) is 24.0. The third kappa shape index (κ3) is 6.09. The summed E-state index contributed by atoms with van der Waals surface area (Å²) in [6, 6.07) is 3.27. The fraction of sp³-hybridized carbons (Fsp3) is 0.556. The van der Waals surface area contributed by atoms with Gasteiger partial charge in [0.25, 0.3) is 0 Å². The van der Waals surface area contributed by atoms with Crippen LogP contribution in [0.1, 0.15) is 18.4 Å². The first-order valence-corrected chi connectivity index (χ1v) is 9.00. The fourth-order valence-corrected chi connectivity index (χ4v) is 3.67. The second-order valence-electron chi connectivity index (χ2n) is 7.06. The van der Waals surface area contributed by atoms with E-state index in [0.717, 1.165) is 19.0 Å². The number of halogens is 5. The molecule has 2 heterocycles. The van der Waals surface area contributed by atoms with Crippen LogP contribution in [0.15, 0.2) is 18.2 Å². The lowest BCUT2D eigenvalue weighted by Gasteiger charge is -2.26. The van der Waals surface area contributed by atoms with E-state index in [-0.39, 0.29) is 31.1 Å². The Morgan fingerprint density at radius 2 is 1.73 bits per heavy atom. The standard InChI is InChI=1S/C16H20F2N2O3.C2HF3O2/c17-11-3-10(4-12(18)5-11)7-20-14-1-2-19(8-13(22)9-21)15(14)6-16(20)23;3-2(4,5)1(6)7/h3-5,13-15,21-22H,1-2,6-9H2;(H,6,7)/t13?,14-,15-;/m0./s1. The molecular weight excluding hydrogens is 419 g/mol. The van der Waals surface area contributed by atoms with Crippen LogP contribution in [0.2, 0.25) is 0 Å². The van der Waals surface area contributed by atoms with Gasteiger partial charge in [0.1, 0.15) is 11.6 Å². The van der Waals surface area contributed by atoms with Crippen LogP contribution in [0.3, 0.4) is 0 Å². The number of alkyl halides is 3. The van der Waals surface area contributed by atoms with Crippen molar-refractivity contribution >= 4 is 11.9 Å². The van der Waals surface area contributed by atoms with Crippen LogP contribution in [-0.2, 0) is 16.1 Å². The van der Waals surface area contributed by atoms with Gasteiger partial charge in [0, 0.05) is 44.2 Å². The van der Waals surface area contributed by atoms with E-state index in [2.05, 4.69) is 0 Å². The summed E-state index contributed by atoms with van der Waals surface area (Å²) in [5.74, 6) is -4.11. The van der Waals surface area contributed by atoms with Crippen molar-refractivity contribution in [2.45, 2.75) is 43.8 Å². The molecule has 2 fully saturated rings. The number of aliphatic hydroxyl groups excluding tert-OH is 2. The number of benzene rings is 1. The molecule has 1 aromatic carbocycles. The van der Waals surface area contributed by atoms with Crippen LogP contribution in [0.25, 0.3) is 0 Å². The van der Waals surface area contributed by atoms with Crippen molar-refractivity contribution in [3.05, 3.63) is 35.4 Å². The van der Waals surface area contributed by atoms with E-state index in [1.165, 1.54) is 12.1 Å². The molecule has 0 saturated carbocycles. The number of amides is 1. The average molecular weight is 440 g/mol. The molecule has 7 nitrogen and oxygen atoms in total.